The molecule has 6 rings (SSSR count). The Bertz CT molecular complexity index is 1650. The number of nitrogens with zero attached hydrogens (tertiary/aromatic N) is 6. The third-order valence-electron chi connectivity index (χ3n) is 6.71. The fourth-order valence-electron chi connectivity index (χ4n) is 4.68. The molecule has 0 atom stereocenters. The first-order chi connectivity index (χ1) is 17.9. The number of imidazole rings is 1. The van der Waals surface area contributed by atoms with Crippen LogP contribution in [0, 0.1) is 5.82 Å². The third kappa shape index (κ3) is 4.03. The Morgan fingerprint density at radius 2 is 2.08 bits per heavy atom. The molecule has 2 aliphatic rings. The summed E-state index contributed by atoms with van der Waals surface area (Å²) in [6, 6.07) is 5.12. The van der Waals surface area contributed by atoms with Crippen molar-refractivity contribution in [3.63, 3.8) is 0 Å². The number of hydrogen-bond donors (Lipinski definition) is 2. The second-order valence-electron chi connectivity index (χ2n) is 9.06. The third-order valence-corrected chi connectivity index (χ3v) is 6.71. The highest BCUT2D eigenvalue weighted by atomic mass is 19.1. The molecular formula is C26H23FN8O2. The fraction of sp³-hybridized carbons (Fsp3) is 0.192. The van der Waals surface area contributed by atoms with E-state index in [1.807, 2.05) is 16.9 Å². The van der Waals surface area contributed by atoms with Crippen LogP contribution < -0.4 is 11.1 Å². The molecular weight excluding hydrogens is 475 g/mol. The van der Waals surface area contributed by atoms with Crippen LogP contribution in [-0.2, 0) is 24.3 Å². The molecule has 1 aliphatic carbocycles. The van der Waals surface area contributed by atoms with Gasteiger partial charge in [0, 0.05) is 61.4 Å². The van der Waals surface area contributed by atoms with Crippen molar-refractivity contribution in [2.45, 2.75) is 25.9 Å². The molecule has 4 aromatic rings. The van der Waals surface area contributed by atoms with Gasteiger partial charge in [-0.3, -0.25) is 14.3 Å². The van der Waals surface area contributed by atoms with E-state index < -0.39 is 11.7 Å². The normalized spacial score (nSPS) is 14.6. The number of nitrogens with two attached hydrogens (primary N) is 1. The van der Waals surface area contributed by atoms with Gasteiger partial charge in [-0.05, 0) is 29.7 Å². The number of nitrogen functional groups attached to an aromatic ring is 1. The molecule has 11 heteroatoms. The minimum Gasteiger partial charge on any atom is -0.396 e. The lowest BCUT2D eigenvalue weighted by Gasteiger charge is -2.22. The number of nitrogens with one attached hydrogen (secondary N) is 1. The van der Waals surface area contributed by atoms with E-state index >= 15 is 4.39 Å². The largest absolute Gasteiger partial charge is 0.396 e. The number of hydrogen-bond acceptors (Lipinski definition) is 7. The number of ketones is 1. The Hall–Kier alpha value is -4.80. The summed E-state index contributed by atoms with van der Waals surface area (Å²) < 4.78 is 19.2. The maximum atomic E-state index is 15.1. The van der Waals surface area contributed by atoms with Crippen LogP contribution in [0.4, 0.5) is 21.7 Å². The number of allylic oxidation sites excluding steroid dienone is 4. The van der Waals surface area contributed by atoms with Gasteiger partial charge >= 0.3 is 0 Å². The van der Waals surface area contributed by atoms with Gasteiger partial charge in [0.2, 0.25) is 0 Å². The minimum absolute atomic E-state index is 0.0674. The molecule has 0 spiro atoms. The van der Waals surface area contributed by atoms with Gasteiger partial charge in [-0.25, -0.2) is 14.4 Å². The summed E-state index contributed by atoms with van der Waals surface area (Å²) in [5.74, 6) is 0.505. The summed E-state index contributed by atoms with van der Waals surface area (Å²) in [5, 5.41) is 8.79. The molecule has 1 aromatic carbocycles. The predicted octanol–water partition coefficient (Wildman–Crippen LogP) is 3.18. The number of anilines is 3. The summed E-state index contributed by atoms with van der Waals surface area (Å²) >= 11 is 0. The fourth-order valence-corrected chi connectivity index (χ4v) is 4.68. The summed E-state index contributed by atoms with van der Waals surface area (Å²) in [4.78, 5) is 35.0. The lowest BCUT2D eigenvalue weighted by molar-refractivity contribution is -0.114. The van der Waals surface area contributed by atoms with Crippen molar-refractivity contribution in [2.24, 2.45) is 0 Å². The summed E-state index contributed by atoms with van der Waals surface area (Å²) in [7, 11) is 1.51. The first-order valence-corrected chi connectivity index (χ1v) is 11.8. The average Bonchev–Trinajstić information content (AvgIpc) is 3.46. The Morgan fingerprint density at radius 3 is 2.92 bits per heavy atom. The lowest BCUT2D eigenvalue weighted by Crippen LogP contribution is -2.29. The number of aromatic nitrogens is 5. The van der Waals surface area contributed by atoms with Crippen molar-refractivity contribution < 1.29 is 14.0 Å². The van der Waals surface area contributed by atoms with Crippen molar-refractivity contribution >= 4 is 39.8 Å². The second-order valence-corrected chi connectivity index (χ2v) is 9.06. The molecule has 0 bridgehead atoms. The topological polar surface area (TPSA) is 124 Å². The molecule has 1 aliphatic heterocycles. The molecule has 4 heterocycles. The molecule has 3 N–H and O–H groups in total. The van der Waals surface area contributed by atoms with Crippen LogP contribution in [0.2, 0.25) is 0 Å². The van der Waals surface area contributed by atoms with E-state index in [-0.39, 0.29) is 23.5 Å². The summed E-state index contributed by atoms with van der Waals surface area (Å²) in [5.41, 5.74) is 7.27. The Balaban J connectivity index is 1.29. The van der Waals surface area contributed by atoms with Crippen molar-refractivity contribution in [3.8, 4) is 0 Å². The monoisotopic (exact) mass is 498 g/mol. The van der Waals surface area contributed by atoms with Gasteiger partial charge in [-0.15, -0.1) is 0 Å². The highest BCUT2D eigenvalue weighted by Crippen LogP contribution is 2.30. The number of halogens is 1. The van der Waals surface area contributed by atoms with Crippen LogP contribution in [0.5, 0.6) is 0 Å². The second kappa shape index (κ2) is 8.70. The van der Waals surface area contributed by atoms with Crippen LogP contribution >= 0.6 is 0 Å². The zero-order valence-corrected chi connectivity index (χ0v) is 20.0. The van der Waals surface area contributed by atoms with E-state index in [1.54, 1.807) is 24.4 Å². The molecule has 10 nitrogen and oxygen atoms in total. The van der Waals surface area contributed by atoms with Gasteiger partial charge in [0.05, 0.1) is 24.2 Å². The van der Waals surface area contributed by atoms with Crippen molar-refractivity contribution in [1.29, 1.82) is 0 Å². The van der Waals surface area contributed by atoms with Gasteiger partial charge in [0.15, 0.2) is 17.4 Å². The standard InChI is InChI=1S/C26H23FN8O2/c1-33(16-3-2-4-18(36)11-16)26(37)19-9-15-10-21(30-13-20(15)25(28)24(19)27)31-22-12-17-5-7-34-8-6-29-23(34)14-35(17)32-22/h2-4,6,8-10,12-13H,5,7,11,14,28H2,1H3,(H,30,31,32). The van der Waals surface area contributed by atoms with Gasteiger partial charge < -0.3 is 20.5 Å². The smallest absolute Gasteiger partial charge is 0.260 e. The summed E-state index contributed by atoms with van der Waals surface area (Å²) in [6.07, 6.45) is 10.8. The van der Waals surface area contributed by atoms with Crippen LogP contribution in [0.3, 0.4) is 0 Å². The molecule has 3 aromatic heterocycles. The first-order valence-electron chi connectivity index (χ1n) is 11.8. The van der Waals surface area contributed by atoms with Crippen molar-refractivity contribution in [3.05, 3.63) is 83.6 Å². The number of fused-ring (bicyclic) bond motifs is 3. The van der Waals surface area contributed by atoms with E-state index in [4.69, 9.17) is 5.73 Å². The Labute approximate surface area is 210 Å². The van der Waals surface area contributed by atoms with Gasteiger partial charge in [0.25, 0.3) is 5.91 Å². The van der Waals surface area contributed by atoms with Crippen LogP contribution in [0.25, 0.3) is 10.8 Å². The van der Waals surface area contributed by atoms with E-state index in [2.05, 4.69) is 25.0 Å². The molecule has 37 heavy (non-hydrogen) atoms. The van der Waals surface area contributed by atoms with Crippen molar-refractivity contribution in [1.82, 2.24) is 29.2 Å². The van der Waals surface area contributed by atoms with Crippen LogP contribution in [0.1, 0.15) is 28.3 Å². The van der Waals surface area contributed by atoms with Gasteiger partial charge in [-0.1, -0.05) is 6.08 Å². The molecule has 0 fully saturated rings. The zero-order chi connectivity index (χ0) is 25.7. The Kier molecular flexibility index (Phi) is 5.32. The van der Waals surface area contributed by atoms with Crippen LogP contribution in [-0.4, -0.2) is 48.0 Å². The van der Waals surface area contributed by atoms with E-state index in [0.717, 1.165) is 24.5 Å². The molecule has 186 valence electrons. The first kappa shape index (κ1) is 22.7. The number of carbonyl (C=O) groups excluding carboxylic acids is 2. The SMILES string of the molecule is CN(C(=O)c1cc2cc(Nc3cc4n(n3)Cc3nccn3CC4)ncc2c(N)c1F)C1=CC=CC(=O)C1. The molecule has 0 saturated carbocycles. The van der Waals surface area contributed by atoms with E-state index in [9.17, 15) is 9.59 Å². The molecule has 0 radical (unpaired) electrons. The number of aryl methyl sites for hydroxylation is 2. The lowest BCUT2D eigenvalue weighted by atomic mass is 10.0. The minimum atomic E-state index is -0.818. The summed E-state index contributed by atoms with van der Waals surface area (Å²) in [6.45, 7) is 1.40. The predicted molar refractivity (Wildman–Crippen MR) is 136 cm³/mol. The number of rotatable bonds is 4. The van der Waals surface area contributed by atoms with E-state index in [0.29, 0.717) is 34.6 Å². The molecule has 0 unspecified atom stereocenters. The highest BCUT2D eigenvalue weighted by Gasteiger charge is 2.24. The number of benzene rings is 1. The highest BCUT2D eigenvalue weighted by molar-refractivity contribution is 6.05. The number of amides is 1. The average molecular weight is 499 g/mol. The molecule has 0 saturated heterocycles. The van der Waals surface area contributed by atoms with Gasteiger partial charge in [0.1, 0.15) is 11.6 Å². The Morgan fingerprint density at radius 1 is 1.22 bits per heavy atom. The zero-order valence-electron chi connectivity index (χ0n) is 20.0. The number of pyridine rings is 1. The number of carbonyl (C=O) groups is 2. The van der Waals surface area contributed by atoms with E-state index in [1.165, 1.54) is 30.3 Å². The van der Waals surface area contributed by atoms with Crippen molar-refractivity contribution in [2.75, 3.05) is 18.1 Å². The van der Waals surface area contributed by atoms with Crippen LogP contribution in [0.15, 0.2) is 60.7 Å². The van der Waals surface area contributed by atoms with Gasteiger partial charge in [-0.2, -0.15) is 5.10 Å². The molecule has 1 amide bonds. The quantitative estimate of drug-likeness (QED) is 0.414. The maximum absolute atomic E-state index is 15.1. The maximum Gasteiger partial charge on any atom is 0.260 e.